The Morgan fingerprint density at radius 1 is 1.47 bits per heavy atom. The number of benzene rings is 1. The van der Waals surface area contributed by atoms with Crippen LogP contribution >= 0.6 is 0 Å². The minimum Gasteiger partial charge on any atom is -0.384 e. The predicted octanol–water partition coefficient (Wildman–Crippen LogP) is 1.51. The SMILES string of the molecule is C=CCCNS(=O)(=O)c1ccc2c(c1)NCC2. The first-order valence-corrected chi connectivity index (χ1v) is 7.09. The summed E-state index contributed by atoms with van der Waals surface area (Å²) in [5.74, 6) is 0. The first kappa shape index (κ1) is 12.1. The molecule has 0 fully saturated rings. The number of nitrogens with one attached hydrogen (secondary N) is 2. The number of sulfonamides is 1. The van der Waals surface area contributed by atoms with E-state index in [4.69, 9.17) is 0 Å². The highest BCUT2D eigenvalue weighted by Crippen LogP contribution is 2.25. The molecular formula is C12H16N2O2S. The van der Waals surface area contributed by atoms with Gasteiger partial charge in [0, 0.05) is 18.8 Å². The molecule has 2 rings (SSSR count). The van der Waals surface area contributed by atoms with Crippen molar-refractivity contribution in [3.63, 3.8) is 0 Å². The molecule has 0 saturated carbocycles. The van der Waals surface area contributed by atoms with E-state index in [1.165, 1.54) is 5.56 Å². The van der Waals surface area contributed by atoms with E-state index in [-0.39, 0.29) is 0 Å². The van der Waals surface area contributed by atoms with E-state index in [0.717, 1.165) is 18.7 Å². The lowest BCUT2D eigenvalue weighted by atomic mass is 10.2. The molecular weight excluding hydrogens is 236 g/mol. The monoisotopic (exact) mass is 252 g/mol. The van der Waals surface area contributed by atoms with Gasteiger partial charge in [0.05, 0.1) is 4.90 Å². The van der Waals surface area contributed by atoms with Gasteiger partial charge in [0.1, 0.15) is 0 Å². The van der Waals surface area contributed by atoms with Crippen LogP contribution in [0.4, 0.5) is 5.69 Å². The summed E-state index contributed by atoms with van der Waals surface area (Å²) in [5, 5.41) is 3.17. The summed E-state index contributed by atoms with van der Waals surface area (Å²) >= 11 is 0. The molecule has 0 spiro atoms. The molecule has 4 nitrogen and oxygen atoms in total. The molecule has 17 heavy (non-hydrogen) atoms. The lowest BCUT2D eigenvalue weighted by Gasteiger charge is -2.07. The molecule has 1 heterocycles. The van der Waals surface area contributed by atoms with Crippen molar-refractivity contribution >= 4 is 15.7 Å². The number of hydrogen-bond acceptors (Lipinski definition) is 3. The smallest absolute Gasteiger partial charge is 0.240 e. The van der Waals surface area contributed by atoms with Crippen molar-refractivity contribution in [1.29, 1.82) is 0 Å². The molecule has 2 N–H and O–H groups in total. The van der Waals surface area contributed by atoms with E-state index in [0.29, 0.717) is 17.9 Å². The Morgan fingerprint density at radius 3 is 3.06 bits per heavy atom. The third-order valence-electron chi connectivity index (χ3n) is 2.74. The van der Waals surface area contributed by atoms with Crippen LogP contribution in [0.1, 0.15) is 12.0 Å². The summed E-state index contributed by atoms with van der Waals surface area (Å²) in [6, 6.07) is 5.22. The molecule has 0 bridgehead atoms. The van der Waals surface area contributed by atoms with E-state index in [2.05, 4.69) is 16.6 Å². The number of anilines is 1. The topological polar surface area (TPSA) is 58.2 Å². The fourth-order valence-electron chi connectivity index (χ4n) is 1.82. The Balaban J connectivity index is 2.18. The molecule has 5 heteroatoms. The van der Waals surface area contributed by atoms with Gasteiger partial charge in [-0.3, -0.25) is 0 Å². The van der Waals surface area contributed by atoms with Crippen molar-refractivity contribution in [2.75, 3.05) is 18.4 Å². The molecule has 1 aromatic carbocycles. The molecule has 1 aromatic rings. The maximum absolute atomic E-state index is 11.9. The fourth-order valence-corrected chi connectivity index (χ4v) is 2.89. The van der Waals surface area contributed by atoms with E-state index >= 15 is 0 Å². The summed E-state index contributed by atoms with van der Waals surface area (Å²) in [4.78, 5) is 0.315. The van der Waals surface area contributed by atoms with Crippen LogP contribution < -0.4 is 10.0 Å². The maximum Gasteiger partial charge on any atom is 0.240 e. The molecule has 92 valence electrons. The lowest BCUT2D eigenvalue weighted by Crippen LogP contribution is -2.24. The molecule has 1 aliphatic heterocycles. The van der Waals surface area contributed by atoms with E-state index in [9.17, 15) is 8.42 Å². The average Bonchev–Trinajstić information content (AvgIpc) is 2.76. The molecule has 0 atom stereocenters. The molecule has 0 radical (unpaired) electrons. The Kier molecular flexibility index (Phi) is 3.49. The largest absolute Gasteiger partial charge is 0.384 e. The van der Waals surface area contributed by atoms with Crippen molar-refractivity contribution in [3.8, 4) is 0 Å². The zero-order valence-corrected chi connectivity index (χ0v) is 10.4. The third kappa shape index (κ3) is 2.68. The maximum atomic E-state index is 11.9. The molecule has 0 aliphatic carbocycles. The summed E-state index contributed by atoms with van der Waals surface area (Å²) in [6.45, 7) is 4.82. The highest BCUT2D eigenvalue weighted by atomic mass is 32.2. The van der Waals surface area contributed by atoms with Crippen LogP contribution in [0, 0.1) is 0 Å². The summed E-state index contributed by atoms with van der Waals surface area (Å²) in [6.07, 6.45) is 3.27. The predicted molar refractivity (Wildman–Crippen MR) is 68.6 cm³/mol. The normalized spacial score (nSPS) is 14.1. The first-order chi connectivity index (χ1) is 8.13. The highest BCUT2D eigenvalue weighted by molar-refractivity contribution is 7.89. The van der Waals surface area contributed by atoms with Gasteiger partial charge in [-0.25, -0.2) is 13.1 Å². The lowest BCUT2D eigenvalue weighted by molar-refractivity contribution is 0.582. The number of hydrogen-bond donors (Lipinski definition) is 2. The Labute approximate surface area is 102 Å². The van der Waals surface area contributed by atoms with E-state index in [1.807, 2.05) is 6.07 Å². The van der Waals surface area contributed by atoms with Gasteiger partial charge in [-0.2, -0.15) is 0 Å². The second-order valence-corrected chi connectivity index (χ2v) is 5.74. The van der Waals surface area contributed by atoms with Gasteiger partial charge in [0.2, 0.25) is 10.0 Å². The van der Waals surface area contributed by atoms with Crippen LogP contribution in [-0.4, -0.2) is 21.5 Å². The third-order valence-corrected chi connectivity index (χ3v) is 4.20. The molecule has 0 saturated heterocycles. The molecule has 0 unspecified atom stereocenters. The highest BCUT2D eigenvalue weighted by Gasteiger charge is 2.17. The van der Waals surface area contributed by atoms with Crippen molar-refractivity contribution in [1.82, 2.24) is 4.72 Å². The quantitative estimate of drug-likeness (QED) is 0.617. The summed E-state index contributed by atoms with van der Waals surface area (Å²) in [5.41, 5.74) is 2.10. The van der Waals surface area contributed by atoms with Crippen LogP contribution in [0.2, 0.25) is 0 Å². The van der Waals surface area contributed by atoms with Gasteiger partial charge >= 0.3 is 0 Å². The molecule has 0 aromatic heterocycles. The van der Waals surface area contributed by atoms with Crippen molar-refractivity contribution in [3.05, 3.63) is 36.4 Å². The van der Waals surface area contributed by atoms with Crippen LogP contribution in [0.5, 0.6) is 0 Å². The number of fused-ring (bicyclic) bond motifs is 1. The van der Waals surface area contributed by atoms with E-state index in [1.54, 1.807) is 18.2 Å². The van der Waals surface area contributed by atoms with Gasteiger partial charge < -0.3 is 5.32 Å². The van der Waals surface area contributed by atoms with Gasteiger partial charge in [0.15, 0.2) is 0 Å². The fraction of sp³-hybridized carbons (Fsp3) is 0.333. The minimum absolute atomic E-state index is 0.315. The van der Waals surface area contributed by atoms with Crippen molar-refractivity contribution in [2.45, 2.75) is 17.7 Å². The number of rotatable bonds is 5. The Morgan fingerprint density at radius 2 is 2.29 bits per heavy atom. The Bertz CT molecular complexity index is 523. The van der Waals surface area contributed by atoms with E-state index < -0.39 is 10.0 Å². The summed E-state index contributed by atoms with van der Waals surface area (Å²) in [7, 11) is -3.39. The minimum atomic E-state index is -3.39. The molecule has 1 aliphatic rings. The van der Waals surface area contributed by atoms with Crippen LogP contribution in [0.15, 0.2) is 35.7 Å². The molecule has 0 amide bonds. The standard InChI is InChI=1S/C12H16N2O2S/c1-2-3-7-14-17(15,16)11-5-4-10-6-8-13-12(10)9-11/h2,4-5,9,13-14H,1,3,6-8H2. The average molecular weight is 252 g/mol. The first-order valence-electron chi connectivity index (χ1n) is 5.61. The van der Waals surface area contributed by atoms with Crippen molar-refractivity contribution in [2.24, 2.45) is 0 Å². The van der Waals surface area contributed by atoms with Gasteiger partial charge in [-0.15, -0.1) is 6.58 Å². The van der Waals surface area contributed by atoms with Gasteiger partial charge in [0.25, 0.3) is 0 Å². The van der Waals surface area contributed by atoms with Gasteiger partial charge in [-0.05, 0) is 30.5 Å². The van der Waals surface area contributed by atoms with Crippen LogP contribution in [-0.2, 0) is 16.4 Å². The van der Waals surface area contributed by atoms with Crippen LogP contribution in [0.3, 0.4) is 0 Å². The zero-order valence-electron chi connectivity index (χ0n) is 9.57. The second-order valence-electron chi connectivity index (χ2n) is 3.97. The summed E-state index contributed by atoms with van der Waals surface area (Å²) < 4.78 is 26.4. The van der Waals surface area contributed by atoms with Gasteiger partial charge in [-0.1, -0.05) is 12.1 Å². The zero-order chi connectivity index (χ0) is 12.3. The Hall–Kier alpha value is -1.33. The van der Waals surface area contributed by atoms with Crippen LogP contribution in [0.25, 0.3) is 0 Å². The van der Waals surface area contributed by atoms with Crippen molar-refractivity contribution < 1.29 is 8.42 Å². The second kappa shape index (κ2) is 4.89.